The Bertz CT molecular complexity index is 556. The molecule has 0 fully saturated rings. The van der Waals surface area contributed by atoms with Crippen LogP contribution in [0.5, 0.6) is 0 Å². The Hall–Kier alpha value is -0.540. The third-order valence-corrected chi connectivity index (χ3v) is 4.92. The van der Waals surface area contributed by atoms with E-state index in [1.54, 1.807) is 0 Å². The normalized spacial score (nSPS) is 10.6. The van der Waals surface area contributed by atoms with Crippen molar-refractivity contribution in [1.29, 1.82) is 0 Å². The van der Waals surface area contributed by atoms with Gasteiger partial charge in [0.1, 0.15) is 0 Å². The summed E-state index contributed by atoms with van der Waals surface area (Å²) in [5, 5.41) is 0.783. The van der Waals surface area contributed by atoms with Crippen LogP contribution in [0.2, 0.25) is 5.02 Å². The van der Waals surface area contributed by atoms with Crippen molar-refractivity contribution in [1.82, 2.24) is 0 Å². The van der Waals surface area contributed by atoms with Crippen LogP contribution in [-0.2, 0) is 0 Å². The van der Waals surface area contributed by atoms with E-state index in [4.69, 9.17) is 11.6 Å². The Morgan fingerprint density at radius 2 is 1.53 bits per heavy atom. The molecular weight excluding hydrogens is 343 g/mol. The van der Waals surface area contributed by atoms with Gasteiger partial charge in [-0.1, -0.05) is 29.8 Å². The van der Waals surface area contributed by atoms with E-state index in [1.807, 2.05) is 12.1 Å². The highest BCUT2D eigenvalue weighted by Crippen LogP contribution is 2.32. The van der Waals surface area contributed by atoms with Crippen LogP contribution in [0.4, 0.5) is 0 Å². The Labute approximate surface area is 121 Å². The molecule has 0 saturated heterocycles. The standard InChI is InChI=1S/C15H14ClI/c1-9-8-10(2)15(17)11(3)14(9)12-4-6-13(16)7-5-12/h4-8H,1-3H3. The molecule has 2 aromatic rings. The molecule has 0 aliphatic rings. The summed E-state index contributed by atoms with van der Waals surface area (Å²) < 4.78 is 1.35. The zero-order valence-electron chi connectivity index (χ0n) is 10.1. The number of hydrogen-bond acceptors (Lipinski definition) is 0. The molecule has 0 heterocycles. The van der Waals surface area contributed by atoms with Gasteiger partial charge in [0.2, 0.25) is 0 Å². The third-order valence-electron chi connectivity index (χ3n) is 3.01. The molecule has 0 nitrogen and oxygen atoms in total. The summed E-state index contributed by atoms with van der Waals surface area (Å²) in [6.07, 6.45) is 0. The summed E-state index contributed by atoms with van der Waals surface area (Å²) in [5.41, 5.74) is 6.59. The van der Waals surface area contributed by atoms with Crippen LogP contribution in [0.25, 0.3) is 11.1 Å². The lowest BCUT2D eigenvalue weighted by molar-refractivity contribution is 1.29. The van der Waals surface area contributed by atoms with E-state index in [9.17, 15) is 0 Å². The van der Waals surface area contributed by atoms with Gasteiger partial charge in [0.15, 0.2) is 0 Å². The Morgan fingerprint density at radius 3 is 2.12 bits per heavy atom. The van der Waals surface area contributed by atoms with Gasteiger partial charge in [-0.3, -0.25) is 0 Å². The van der Waals surface area contributed by atoms with Gasteiger partial charge in [0.05, 0.1) is 0 Å². The van der Waals surface area contributed by atoms with Gasteiger partial charge in [0, 0.05) is 8.59 Å². The summed E-state index contributed by atoms with van der Waals surface area (Å²) >= 11 is 8.35. The van der Waals surface area contributed by atoms with Gasteiger partial charge < -0.3 is 0 Å². The van der Waals surface area contributed by atoms with Gasteiger partial charge >= 0.3 is 0 Å². The van der Waals surface area contributed by atoms with Crippen molar-refractivity contribution in [2.45, 2.75) is 20.8 Å². The molecule has 0 amide bonds. The minimum Gasteiger partial charge on any atom is -0.0843 e. The van der Waals surface area contributed by atoms with Crippen molar-refractivity contribution < 1.29 is 0 Å². The van der Waals surface area contributed by atoms with Gasteiger partial charge in [-0.15, -0.1) is 0 Å². The zero-order chi connectivity index (χ0) is 12.6. The number of hydrogen-bond donors (Lipinski definition) is 0. The molecule has 2 rings (SSSR count). The van der Waals surface area contributed by atoms with Crippen molar-refractivity contribution >= 4 is 34.2 Å². The molecule has 0 saturated carbocycles. The largest absolute Gasteiger partial charge is 0.0843 e. The Morgan fingerprint density at radius 1 is 0.941 bits per heavy atom. The van der Waals surface area contributed by atoms with Gasteiger partial charge in [-0.05, 0) is 83.3 Å². The second-order valence-electron chi connectivity index (χ2n) is 4.33. The van der Waals surface area contributed by atoms with Gasteiger partial charge in [-0.2, -0.15) is 0 Å². The fourth-order valence-electron chi connectivity index (χ4n) is 2.22. The molecule has 0 N–H and O–H groups in total. The molecule has 0 spiro atoms. The number of rotatable bonds is 1. The first-order valence-corrected chi connectivity index (χ1v) is 6.98. The lowest BCUT2D eigenvalue weighted by Crippen LogP contribution is -1.94. The van der Waals surface area contributed by atoms with Gasteiger partial charge in [-0.25, -0.2) is 0 Å². The second kappa shape index (κ2) is 4.99. The topological polar surface area (TPSA) is 0 Å². The Kier molecular flexibility index (Phi) is 3.79. The second-order valence-corrected chi connectivity index (χ2v) is 5.85. The summed E-state index contributed by atoms with van der Waals surface area (Å²) in [5.74, 6) is 0. The van der Waals surface area contributed by atoms with E-state index in [2.05, 4.69) is 61.6 Å². The molecular formula is C15H14ClI. The van der Waals surface area contributed by atoms with E-state index >= 15 is 0 Å². The van der Waals surface area contributed by atoms with Crippen molar-refractivity contribution in [3.8, 4) is 11.1 Å². The molecule has 0 aromatic heterocycles. The average Bonchev–Trinajstić information content (AvgIpc) is 2.29. The predicted octanol–water partition coefficient (Wildman–Crippen LogP) is 5.54. The maximum atomic E-state index is 5.93. The molecule has 2 aromatic carbocycles. The van der Waals surface area contributed by atoms with Crippen LogP contribution in [-0.4, -0.2) is 0 Å². The fraction of sp³-hybridized carbons (Fsp3) is 0.200. The highest BCUT2D eigenvalue weighted by atomic mass is 127. The SMILES string of the molecule is Cc1cc(C)c(-c2ccc(Cl)cc2)c(C)c1I. The van der Waals surface area contributed by atoms with Crippen molar-refractivity contribution in [2.24, 2.45) is 0 Å². The van der Waals surface area contributed by atoms with E-state index in [0.717, 1.165) is 5.02 Å². The molecule has 0 atom stereocenters. The fourth-order valence-corrected chi connectivity index (χ4v) is 2.77. The van der Waals surface area contributed by atoms with Crippen LogP contribution in [0.15, 0.2) is 30.3 Å². The monoisotopic (exact) mass is 356 g/mol. The summed E-state index contributed by atoms with van der Waals surface area (Å²) in [6, 6.07) is 10.3. The maximum Gasteiger partial charge on any atom is 0.0406 e. The highest BCUT2D eigenvalue weighted by molar-refractivity contribution is 14.1. The average molecular weight is 357 g/mol. The molecule has 2 heteroatoms. The van der Waals surface area contributed by atoms with Gasteiger partial charge in [0.25, 0.3) is 0 Å². The molecule has 0 unspecified atom stereocenters. The lowest BCUT2D eigenvalue weighted by Gasteiger charge is -2.14. The third kappa shape index (κ3) is 2.50. The van der Waals surface area contributed by atoms with Crippen molar-refractivity contribution in [3.63, 3.8) is 0 Å². The number of benzene rings is 2. The van der Waals surface area contributed by atoms with E-state index < -0.39 is 0 Å². The summed E-state index contributed by atoms with van der Waals surface area (Å²) in [6.45, 7) is 6.51. The minimum absolute atomic E-state index is 0.783. The highest BCUT2D eigenvalue weighted by Gasteiger charge is 2.10. The quantitative estimate of drug-likeness (QED) is 0.589. The molecule has 88 valence electrons. The van der Waals surface area contributed by atoms with Crippen molar-refractivity contribution in [2.75, 3.05) is 0 Å². The van der Waals surface area contributed by atoms with Crippen LogP contribution < -0.4 is 0 Å². The van der Waals surface area contributed by atoms with Crippen molar-refractivity contribution in [3.05, 3.63) is 55.6 Å². The molecule has 17 heavy (non-hydrogen) atoms. The molecule has 0 aliphatic heterocycles. The molecule has 0 aliphatic carbocycles. The van der Waals surface area contributed by atoms with Crippen LogP contribution in [0.3, 0.4) is 0 Å². The Balaban J connectivity index is 2.67. The first kappa shape index (κ1) is 12.9. The lowest BCUT2D eigenvalue weighted by atomic mass is 9.94. The number of halogens is 2. The molecule has 0 radical (unpaired) electrons. The smallest absolute Gasteiger partial charge is 0.0406 e. The van der Waals surface area contributed by atoms with Crippen LogP contribution >= 0.6 is 34.2 Å². The zero-order valence-corrected chi connectivity index (χ0v) is 13.1. The first-order chi connectivity index (χ1) is 8.00. The number of aryl methyl sites for hydroxylation is 2. The minimum atomic E-state index is 0.783. The van der Waals surface area contributed by atoms with Crippen LogP contribution in [0, 0.1) is 24.3 Å². The maximum absolute atomic E-state index is 5.93. The summed E-state index contributed by atoms with van der Waals surface area (Å²) in [4.78, 5) is 0. The molecule has 0 bridgehead atoms. The van der Waals surface area contributed by atoms with E-state index in [-0.39, 0.29) is 0 Å². The first-order valence-electron chi connectivity index (χ1n) is 5.53. The van der Waals surface area contributed by atoms with E-state index in [0.29, 0.717) is 0 Å². The van der Waals surface area contributed by atoms with Crippen LogP contribution in [0.1, 0.15) is 16.7 Å². The van der Waals surface area contributed by atoms with E-state index in [1.165, 1.54) is 31.4 Å². The summed E-state index contributed by atoms with van der Waals surface area (Å²) in [7, 11) is 0. The predicted molar refractivity (Wildman–Crippen MR) is 83.8 cm³/mol.